The first-order chi connectivity index (χ1) is 15.9. The van der Waals surface area contributed by atoms with Gasteiger partial charge in [0.1, 0.15) is 18.1 Å². The van der Waals surface area contributed by atoms with E-state index in [4.69, 9.17) is 10.8 Å². The molecule has 1 aromatic carbocycles. The Morgan fingerprint density at radius 3 is 1.97 bits per heavy atom. The zero-order valence-electron chi connectivity index (χ0n) is 19.6. The summed E-state index contributed by atoms with van der Waals surface area (Å²) in [6.07, 6.45) is -0.262. The van der Waals surface area contributed by atoms with Crippen LogP contribution in [0.3, 0.4) is 0 Å². The molecule has 1 aromatic rings. The van der Waals surface area contributed by atoms with E-state index in [1.807, 2.05) is 30.3 Å². The first-order valence-corrected chi connectivity index (χ1v) is 11.1. The molecule has 188 valence electrons. The molecule has 0 saturated heterocycles. The first-order valence-electron chi connectivity index (χ1n) is 11.1. The number of amides is 3. The molecule has 3 amide bonds. The van der Waals surface area contributed by atoms with E-state index in [-0.39, 0.29) is 25.2 Å². The van der Waals surface area contributed by atoms with Crippen LogP contribution in [-0.4, -0.2) is 64.0 Å². The Morgan fingerprint density at radius 2 is 1.44 bits per heavy atom. The highest BCUT2D eigenvalue weighted by Gasteiger charge is 2.29. The van der Waals surface area contributed by atoms with Gasteiger partial charge in [0, 0.05) is 6.42 Å². The SMILES string of the molecule is CC(C)C[C@H](NC(=O)[C@H](CCC(=O)O)NC(=O)[C@H](C)NC(=O)[C@@H](N)Cc1ccccc1)C(=O)O. The van der Waals surface area contributed by atoms with Crippen LogP contribution in [0.5, 0.6) is 0 Å². The monoisotopic (exact) mass is 478 g/mol. The van der Waals surface area contributed by atoms with E-state index in [1.165, 1.54) is 6.92 Å². The van der Waals surface area contributed by atoms with Crippen molar-refractivity contribution in [2.45, 2.75) is 70.6 Å². The maximum atomic E-state index is 12.7. The number of carbonyl (C=O) groups excluding carboxylic acids is 3. The zero-order chi connectivity index (χ0) is 25.8. The van der Waals surface area contributed by atoms with E-state index in [9.17, 15) is 29.1 Å². The van der Waals surface area contributed by atoms with E-state index >= 15 is 0 Å². The molecule has 11 nitrogen and oxygen atoms in total. The molecule has 0 unspecified atom stereocenters. The molecule has 0 bridgehead atoms. The predicted molar refractivity (Wildman–Crippen MR) is 124 cm³/mol. The molecule has 0 saturated carbocycles. The molecule has 11 heteroatoms. The molecule has 34 heavy (non-hydrogen) atoms. The summed E-state index contributed by atoms with van der Waals surface area (Å²) in [5.41, 5.74) is 6.77. The Morgan fingerprint density at radius 1 is 0.853 bits per heavy atom. The summed E-state index contributed by atoms with van der Waals surface area (Å²) in [7, 11) is 0. The van der Waals surface area contributed by atoms with Gasteiger partial charge in [-0.1, -0.05) is 44.2 Å². The lowest BCUT2D eigenvalue weighted by atomic mass is 10.0. The number of nitrogens with two attached hydrogens (primary N) is 1. The maximum absolute atomic E-state index is 12.7. The fraction of sp³-hybridized carbons (Fsp3) is 0.522. The van der Waals surface area contributed by atoms with Crippen LogP contribution >= 0.6 is 0 Å². The summed E-state index contributed by atoms with van der Waals surface area (Å²) in [4.78, 5) is 60.1. The number of aliphatic carboxylic acids is 2. The Labute approximate surface area is 198 Å². The molecule has 7 N–H and O–H groups in total. The second-order valence-corrected chi connectivity index (χ2v) is 8.55. The van der Waals surface area contributed by atoms with Crippen molar-refractivity contribution >= 4 is 29.7 Å². The number of carbonyl (C=O) groups is 5. The van der Waals surface area contributed by atoms with Gasteiger partial charge < -0.3 is 31.9 Å². The van der Waals surface area contributed by atoms with Gasteiger partial charge in [-0.2, -0.15) is 0 Å². The first kappa shape index (κ1) is 28.6. The van der Waals surface area contributed by atoms with Gasteiger partial charge >= 0.3 is 11.9 Å². The molecule has 0 heterocycles. The van der Waals surface area contributed by atoms with Crippen molar-refractivity contribution < 1.29 is 34.2 Å². The summed E-state index contributed by atoms with van der Waals surface area (Å²) >= 11 is 0. The number of rotatable bonds is 14. The van der Waals surface area contributed by atoms with Crippen LogP contribution in [0, 0.1) is 5.92 Å². The second kappa shape index (κ2) is 13.9. The average molecular weight is 479 g/mol. The van der Waals surface area contributed by atoms with Gasteiger partial charge in [0.2, 0.25) is 17.7 Å². The lowest BCUT2D eigenvalue weighted by Gasteiger charge is -2.24. The minimum absolute atomic E-state index is 0.0243. The van der Waals surface area contributed by atoms with Gasteiger partial charge in [-0.25, -0.2) is 4.79 Å². The predicted octanol–water partition coefficient (Wildman–Crippen LogP) is 0.0262. The third-order valence-electron chi connectivity index (χ3n) is 4.99. The molecular weight excluding hydrogens is 444 g/mol. The fourth-order valence-electron chi connectivity index (χ4n) is 3.15. The minimum Gasteiger partial charge on any atom is -0.481 e. The van der Waals surface area contributed by atoms with Crippen LogP contribution < -0.4 is 21.7 Å². The van der Waals surface area contributed by atoms with Crippen molar-refractivity contribution in [3.8, 4) is 0 Å². The molecule has 0 aliphatic rings. The van der Waals surface area contributed by atoms with Crippen LogP contribution in [-0.2, 0) is 30.4 Å². The summed E-state index contributed by atoms with van der Waals surface area (Å²) in [6.45, 7) is 4.98. The van der Waals surface area contributed by atoms with E-state index in [0.29, 0.717) is 0 Å². The molecule has 4 atom stereocenters. The Hall–Kier alpha value is -3.47. The molecule has 0 fully saturated rings. The zero-order valence-corrected chi connectivity index (χ0v) is 19.6. The van der Waals surface area contributed by atoms with Gasteiger partial charge in [-0.3, -0.25) is 19.2 Å². The number of hydrogen-bond donors (Lipinski definition) is 6. The van der Waals surface area contributed by atoms with Gasteiger partial charge in [0.05, 0.1) is 6.04 Å². The Kier molecular flexibility index (Phi) is 11.7. The summed E-state index contributed by atoms with van der Waals surface area (Å²) in [5, 5.41) is 25.5. The van der Waals surface area contributed by atoms with Gasteiger partial charge in [-0.05, 0) is 37.7 Å². The smallest absolute Gasteiger partial charge is 0.326 e. The van der Waals surface area contributed by atoms with E-state index in [2.05, 4.69) is 16.0 Å². The molecule has 0 aliphatic heterocycles. The number of carboxylic acids is 2. The molecule has 1 rings (SSSR count). The topological polar surface area (TPSA) is 188 Å². The van der Waals surface area contributed by atoms with Crippen molar-refractivity contribution in [3.63, 3.8) is 0 Å². The molecular formula is C23H34N4O7. The quantitative estimate of drug-likeness (QED) is 0.216. The van der Waals surface area contributed by atoms with E-state index in [0.717, 1.165) is 5.56 Å². The minimum atomic E-state index is -1.30. The van der Waals surface area contributed by atoms with Crippen LogP contribution in [0.4, 0.5) is 0 Å². The summed E-state index contributed by atoms with van der Waals surface area (Å²) in [5.74, 6) is -4.57. The van der Waals surface area contributed by atoms with Gasteiger partial charge in [-0.15, -0.1) is 0 Å². The van der Waals surface area contributed by atoms with Gasteiger partial charge in [0.25, 0.3) is 0 Å². The van der Waals surface area contributed by atoms with Crippen LogP contribution in [0.1, 0.15) is 45.6 Å². The van der Waals surface area contributed by atoms with Crippen LogP contribution in [0.25, 0.3) is 0 Å². The molecule has 0 spiro atoms. The Balaban J connectivity index is 2.78. The highest BCUT2D eigenvalue weighted by atomic mass is 16.4. The second-order valence-electron chi connectivity index (χ2n) is 8.55. The van der Waals surface area contributed by atoms with Gasteiger partial charge in [0.15, 0.2) is 0 Å². The van der Waals surface area contributed by atoms with Crippen molar-refractivity contribution in [2.75, 3.05) is 0 Å². The number of benzene rings is 1. The molecule has 0 aliphatic carbocycles. The van der Waals surface area contributed by atoms with E-state index in [1.54, 1.807) is 13.8 Å². The highest BCUT2D eigenvalue weighted by Crippen LogP contribution is 2.07. The van der Waals surface area contributed by atoms with Crippen LogP contribution in [0.15, 0.2) is 30.3 Å². The average Bonchev–Trinajstić information content (AvgIpc) is 2.75. The third-order valence-corrected chi connectivity index (χ3v) is 4.99. The number of nitrogens with one attached hydrogen (secondary N) is 3. The molecule has 0 aromatic heterocycles. The maximum Gasteiger partial charge on any atom is 0.326 e. The highest BCUT2D eigenvalue weighted by molar-refractivity contribution is 5.94. The summed E-state index contributed by atoms with van der Waals surface area (Å²) in [6, 6.07) is 4.64. The largest absolute Gasteiger partial charge is 0.481 e. The number of hydrogen-bond acceptors (Lipinski definition) is 6. The standard InChI is InChI=1S/C23H34N4O7/c1-13(2)11-18(23(33)34)27-22(32)17(9-10-19(28)29)26-20(30)14(3)25-21(31)16(24)12-15-7-5-4-6-8-15/h4-8,13-14,16-18H,9-12,24H2,1-3H3,(H,25,31)(H,26,30)(H,27,32)(H,28,29)(H,33,34)/t14-,16-,17-,18-/m0/s1. The van der Waals surface area contributed by atoms with Crippen molar-refractivity contribution in [1.29, 1.82) is 0 Å². The van der Waals surface area contributed by atoms with E-state index < -0.39 is 60.2 Å². The Bertz CT molecular complexity index is 860. The lowest BCUT2D eigenvalue weighted by Crippen LogP contribution is -2.56. The van der Waals surface area contributed by atoms with Crippen molar-refractivity contribution in [1.82, 2.24) is 16.0 Å². The molecule has 0 radical (unpaired) electrons. The van der Waals surface area contributed by atoms with Crippen molar-refractivity contribution in [3.05, 3.63) is 35.9 Å². The number of carboxylic acid groups (broad SMARTS) is 2. The fourth-order valence-corrected chi connectivity index (χ4v) is 3.15. The third kappa shape index (κ3) is 10.4. The van der Waals surface area contributed by atoms with Crippen molar-refractivity contribution in [2.24, 2.45) is 11.7 Å². The summed E-state index contributed by atoms with van der Waals surface area (Å²) < 4.78 is 0. The van der Waals surface area contributed by atoms with Crippen LogP contribution in [0.2, 0.25) is 0 Å². The normalized spacial score (nSPS) is 14.4. The lowest BCUT2D eigenvalue weighted by molar-refractivity contribution is -0.143.